The molecule has 21 heavy (non-hydrogen) atoms. The summed E-state index contributed by atoms with van der Waals surface area (Å²) in [4.78, 5) is 20.9. The van der Waals surface area contributed by atoms with E-state index in [2.05, 4.69) is 9.47 Å². The Morgan fingerprint density at radius 1 is 0.857 bits per heavy atom. The second kappa shape index (κ2) is 6.02. The van der Waals surface area contributed by atoms with Crippen LogP contribution in [0.4, 0.5) is 26.3 Å². The van der Waals surface area contributed by atoms with E-state index in [1.807, 2.05) is 0 Å². The molecule has 0 saturated carbocycles. The lowest BCUT2D eigenvalue weighted by atomic mass is 10.2. The highest BCUT2D eigenvalue weighted by atomic mass is 19.4. The molecule has 0 unspecified atom stereocenters. The molecule has 1 aromatic rings. The Balaban J connectivity index is 2.59. The van der Waals surface area contributed by atoms with Gasteiger partial charge in [-0.1, -0.05) is 12.1 Å². The zero-order valence-corrected chi connectivity index (χ0v) is 9.92. The van der Waals surface area contributed by atoms with E-state index in [-0.39, 0.29) is 5.56 Å². The minimum atomic E-state index is -5.17. The Morgan fingerprint density at radius 2 is 1.33 bits per heavy atom. The number of alkyl halides is 6. The molecule has 0 amide bonds. The van der Waals surface area contributed by atoms with Crippen molar-refractivity contribution in [3.05, 3.63) is 29.8 Å². The van der Waals surface area contributed by atoms with Crippen LogP contribution in [0.25, 0.3) is 0 Å². The molecule has 0 aliphatic rings. The van der Waals surface area contributed by atoms with E-state index in [1.165, 1.54) is 0 Å². The first-order chi connectivity index (χ1) is 9.50. The Bertz CT molecular complexity index is 517. The van der Waals surface area contributed by atoms with Crippen LogP contribution in [-0.2, 0) is 20.9 Å². The van der Waals surface area contributed by atoms with Crippen LogP contribution in [0.3, 0.4) is 0 Å². The number of benzene rings is 1. The largest absolute Gasteiger partial charge is 0.491 e. The molecule has 0 aromatic heterocycles. The summed E-state index contributed by atoms with van der Waals surface area (Å²) >= 11 is 0. The summed E-state index contributed by atoms with van der Waals surface area (Å²) < 4.78 is 79.1. The van der Waals surface area contributed by atoms with Gasteiger partial charge < -0.3 is 9.47 Å². The first kappa shape index (κ1) is 16.8. The number of hydrogen-bond donors (Lipinski definition) is 0. The number of rotatable bonds is 3. The van der Waals surface area contributed by atoms with Gasteiger partial charge in [-0.3, -0.25) is 0 Å². The van der Waals surface area contributed by atoms with E-state index in [4.69, 9.17) is 0 Å². The minimum Gasteiger partial charge on any atom is -0.454 e. The van der Waals surface area contributed by atoms with Gasteiger partial charge >= 0.3 is 24.3 Å². The molecule has 1 aromatic carbocycles. The molecule has 0 atom stereocenters. The summed E-state index contributed by atoms with van der Waals surface area (Å²) in [5.74, 6) is -5.28. The van der Waals surface area contributed by atoms with Crippen molar-refractivity contribution >= 4 is 11.9 Å². The Kier molecular flexibility index (Phi) is 4.81. The molecule has 10 heteroatoms. The van der Waals surface area contributed by atoms with Crippen LogP contribution in [0.1, 0.15) is 5.56 Å². The fourth-order valence-electron chi connectivity index (χ4n) is 1.05. The summed E-state index contributed by atoms with van der Waals surface area (Å²) in [7, 11) is 0. The standard InChI is InChI=1S/C11H6F6O4/c12-10(13,14)8(18)20-5-6-1-3-7(4-2-6)21-9(19)11(15,16)17/h1-4H,5H2. The van der Waals surface area contributed by atoms with Crippen molar-refractivity contribution in [1.29, 1.82) is 0 Å². The maximum Gasteiger partial charge on any atom is 0.491 e. The Hall–Kier alpha value is -2.26. The second-order valence-electron chi connectivity index (χ2n) is 3.61. The number of halogens is 6. The van der Waals surface area contributed by atoms with E-state index in [1.54, 1.807) is 0 Å². The molecule has 0 radical (unpaired) electrons. The SMILES string of the molecule is O=C(OCc1ccc(OC(=O)C(F)(F)F)cc1)C(F)(F)F. The molecule has 0 bridgehead atoms. The molecule has 116 valence electrons. The fraction of sp³-hybridized carbons (Fsp3) is 0.273. The van der Waals surface area contributed by atoms with Crippen molar-refractivity contribution in [2.45, 2.75) is 19.0 Å². The molecule has 0 fully saturated rings. The molecule has 0 aliphatic carbocycles. The normalized spacial score (nSPS) is 11.9. The van der Waals surface area contributed by atoms with Crippen molar-refractivity contribution in [2.24, 2.45) is 0 Å². The van der Waals surface area contributed by atoms with Gasteiger partial charge in [0.15, 0.2) is 0 Å². The second-order valence-corrected chi connectivity index (χ2v) is 3.61. The van der Waals surface area contributed by atoms with Crippen LogP contribution in [-0.4, -0.2) is 24.3 Å². The van der Waals surface area contributed by atoms with Crippen molar-refractivity contribution in [2.75, 3.05) is 0 Å². The Labute approximate surface area is 113 Å². The molecule has 4 nitrogen and oxygen atoms in total. The molecular weight excluding hydrogens is 310 g/mol. The van der Waals surface area contributed by atoms with Crippen LogP contribution < -0.4 is 4.74 Å². The van der Waals surface area contributed by atoms with Gasteiger partial charge in [0, 0.05) is 0 Å². The topological polar surface area (TPSA) is 52.6 Å². The van der Waals surface area contributed by atoms with Crippen LogP contribution in [0.5, 0.6) is 5.75 Å². The third-order valence-electron chi connectivity index (χ3n) is 1.97. The van der Waals surface area contributed by atoms with Crippen molar-refractivity contribution in [3.63, 3.8) is 0 Å². The molecular formula is C11H6F6O4. The van der Waals surface area contributed by atoms with Gasteiger partial charge in [-0.05, 0) is 17.7 Å². The zero-order chi connectivity index (χ0) is 16.3. The third kappa shape index (κ3) is 5.32. The van der Waals surface area contributed by atoms with Crippen molar-refractivity contribution in [3.8, 4) is 5.75 Å². The summed E-state index contributed by atoms with van der Waals surface area (Å²) in [6.45, 7) is -0.730. The van der Waals surface area contributed by atoms with E-state index in [0.29, 0.717) is 0 Å². The summed E-state index contributed by atoms with van der Waals surface area (Å²) in [6.07, 6.45) is -10.3. The van der Waals surface area contributed by atoms with Gasteiger partial charge in [0.25, 0.3) is 0 Å². The number of carbonyl (C=O) groups is 2. The molecule has 1 rings (SSSR count). The average Bonchev–Trinajstić information content (AvgIpc) is 2.35. The quantitative estimate of drug-likeness (QED) is 0.489. The van der Waals surface area contributed by atoms with Gasteiger partial charge in [0.1, 0.15) is 12.4 Å². The monoisotopic (exact) mass is 316 g/mol. The van der Waals surface area contributed by atoms with Gasteiger partial charge in [0.05, 0.1) is 0 Å². The Morgan fingerprint density at radius 3 is 1.76 bits per heavy atom. The molecule has 0 aliphatic heterocycles. The van der Waals surface area contributed by atoms with Crippen molar-refractivity contribution in [1.82, 2.24) is 0 Å². The molecule has 0 saturated heterocycles. The first-order valence-electron chi connectivity index (χ1n) is 5.12. The van der Waals surface area contributed by atoms with Crippen LogP contribution >= 0.6 is 0 Å². The molecule has 0 heterocycles. The van der Waals surface area contributed by atoms with Crippen LogP contribution in [0.2, 0.25) is 0 Å². The smallest absolute Gasteiger partial charge is 0.454 e. The highest BCUT2D eigenvalue weighted by molar-refractivity contribution is 5.78. The summed E-state index contributed by atoms with van der Waals surface area (Å²) in [5, 5.41) is 0. The maximum atomic E-state index is 11.9. The highest BCUT2D eigenvalue weighted by Crippen LogP contribution is 2.21. The summed E-state index contributed by atoms with van der Waals surface area (Å²) in [5.41, 5.74) is 0.0689. The fourth-order valence-corrected chi connectivity index (χ4v) is 1.05. The van der Waals surface area contributed by atoms with E-state index >= 15 is 0 Å². The number of esters is 2. The van der Waals surface area contributed by atoms with E-state index in [0.717, 1.165) is 24.3 Å². The number of hydrogen-bond acceptors (Lipinski definition) is 4. The van der Waals surface area contributed by atoms with Crippen LogP contribution in [0.15, 0.2) is 24.3 Å². The number of ether oxygens (including phenoxy) is 2. The first-order valence-corrected chi connectivity index (χ1v) is 5.12. The molecule has 0 spiro atoms. The predicted octanol–water partition coefficient (Wildman–Crippen LogP) is 2.76. The lowest BCUT2D eigenvalue weighted by molar-refractivity contribution is -0.201. The predicted molar refractivity (Wildman–Crippen MR) is 54.0 cm³/mol. The summed E-state index contributed by atoms with van der Waals surface area (Å²) in [6, 6.07) is 3.92. The average molecular weight is 316 g/mol. The van der Waals surface area contributed by atoms with Crippen LogP contribution in [0, 0.1) is 0 Å². The van der Waals surface area contributed by atoms with E-state index < -0.39 is 36.6 Å². The third-order valence-corrected chi connectivity index (χ3v) is 1.97. The maximum absolute atomic E-state index is 11.9. The van der Waals surface area contributed by atoms with Gasteiger partial charge in [0.2, 0.25) is 0 Å². The van der Waals surface area contributed by atoms with Gasteiger partial charge in [-0.2, -0.15) is 26.3 Å². The highest BCUT2D eigenvalue weighted by Gasteiger charge is 2.42. The lowest BCUT2D eigenvalue weighted by Crippen LogP contribution is -2.27. The van der Waals surface area contributed by atoms with E-state index in [9.17, 15) is 35.9 Å². The zero-order valence-electron chi connectivity index (χ0n) is 9.92. The van der Waals surface area contributed by atoms with Gasteiger partial charge in [-0.25, -0.2) is 9.59 Å². The van der Waals surface area contributed by atoms with Gasteiger partial charge in [-0.15, -0.1) is 0 Å². The number of carbonyl (C=O) groups excluding carboxylic acids is 2. The molecule has 0 N–H and O–H groups in total. The lowest BCUT2D eigenvalue weighted by Gasteiger charge is -2.09. The van der Waals surface area contributed by atoms with Crippen molar-refractivity contribution < 1.29 is 45.4 Å². The minimum absolute atomic E-state index is 0.0689.